The number of benzene rings is 1. The first-order valence-electron chi connectivity index (χ1n) is 4.32. The second-order valence-corrected chi connectivity index (χ2v) is 3.12. The van der Waals surface area contributed by atoms with Crippen LogP contribution >= 0.6 is 0 Å². The largest absolute Gasteiger partial charge is 0.486 e. The van der Waals surface area contributed by atoms with Crippen LogP contribution in [0.1, 0.15) is 15.9 Å². The van der Waals surface area contributed by atoms with Gasteiger partial charge >= 0.3 is 5.97 Å². The molecule has 0 fully saturated rings. The number of fused-ring (bicyclic) bond motifs is 1. The van der Waals surface area contributed by atoms with E-state index < -0.39 is 5.97 Å². The summed E-state index contributed by atoms with van der Waals surface area (Å²) in [5.41, 5.74) is 0.941. The van der Waals surface area contributed by atoms with Gasteiger partial charge in [-0.1, -0.05) is 0 Å². The van der Waals surface area contributed by atoms with Crippen LogP contribution in [0.15, 0.2) is 12.1 Å². The van der Waals surface area contributed by atoms with Gasteiger partial charge in [0.1, 0.15) is 13.2 Å². The number of carbonyl (C=O) groups is 1. The second-order valence-electron chi connectivity index (χ2n) is 3.12. The molecule has 0 spiro atoms. The number of carboxylic acids is 1. The van der Waals surface area contributed by atoms with Crippen molar-refractivity contribution in [2.24, 2.45) is 0 Å². The Morgan fingerprint density at radius 3 is 2.43 bits per heavy atom. The van der Waals surface area contributed by atoms with Crippen LogP contribution in [0.3, 0.4) is 0 Å². The second kappa shape index (κ2) is 3.21. The third kappa shape index (κ3) is 1.39. The van der Waals surface area contributed by atoms with Crippen molar-refractivity contribution in [1.82, 2.24) is 0 Å². The molecule has 1 aromatic carbocycles. The van der Waals surface area contributed by atoms with Gasteiger partial charge in [-0.25, -0.2) is 4.79 Å². The van der Waals surface area contributed by atoms with Gasteiger partial charge in [-0.2, -0.15) is 0 Å². The summed E-state index contributed by atoms with van der Waals surface area (Å²) in [6.07, 6.45) is 0. The van der Waals surface area contributed by atoms with E-state index in [-0.39, 0.29) is 5.56 Å². The highest BCUT2D eigenvalue weighted by Crippen LogP contribution is 2.32. The van der Waals surface area contributed by atoms with Crippen LogP contribution in [0.5, 0.6) is 11.5 Å². The lowest BCUT2D eigenvalue weighted by Crippen LogP contribution is -2.16. The van der Waals surface area contributed by atoms with E-state index in [4.69, 9.17) is 14.6 Å². The minimum atomic E-state index is -0.945. The van der Waals surface area contributed by atoms with Gasteiger partial charge in [-0.05, 0) is 24.6 Å². The van der Waals surface area contributed by atoms with Gasteiger partial charge in [0.25, 0.3) is 0 Å². The van der Waals surface area contributed by atoms with Crippen molar-refractivity contribution in [3.8, 4) is 11.5 Å². The van der Waals surface area contributed by atoms with Crippen LogP contribution in [0, 0.1) is 6.92 Å². The van der Waals surface area contributed by atoms with Gasteiger partial charge in [0.05, 0.1) is 5.56 Å². The topological polar surface area (TPSA) is 55.8 Å². The van der Waals surface area contributed by atoms with E-state index in [1.165, 1.54) is 6.07 Å². The fourth-order valence-electron chi connectivity index (χ4n) is 1.42. The predicted molar refractivity (Wildman–Crippen MR) is 49.1 cm³/mol. The molecule has 1 heterocycles. The summed E-state index contributed by atoms with van der Waals surface area (Å²) in [5.74, 6) is 0.192. The molecule has 0 saturated carbocycles. The lowest BCUT2D eigenvalue weighted by Gasteiger charge is -2.19. The lowest BCUT2D eigenvalue weighted by atomic mass is 10.1. The summed E-state index contributed by atoms with van der Waals surface area (Å²) in [7, 11) is 0. The standard InChI is InChI=1S/C10H10O4/c1-6-4-8-9(14-3-2-13-8)5-7(6)10(11)12/h4-5H,2-3H2,1H3,(H,11,12). The van der Waals surface area contributed by atoms with Crippen LogP contribution in [-0.2, 0) is 0 Å². The Balaban J connectivity index is 2.50. The maximum Gasteiger partial charge on any atom is 0.336 e. The molecular formula is C10H10O4. The zero-order valence-electron chi connectivity index (χ0n) is 7.74. The highest BCUT2D eigenvalue weighted by molar-refractivity contribution is 5.90. The maximum absolute atomic E-state index is 10.8. The SMILES string of the molecule is Cc1cc2c(cc1C(=O)O)OCCO2. The molecule has 0 saturated heterocycles. The molecule has 1 aromatic rings. The van der Waals surface area contributed by atoms with Gasteiger partial charge in [0, 0.05) is 0 Å². The minimum absolute atomic E-state index is 0.259. The van der Waals surface area contributed by atoms with Crippen LogP contribution in [0.2, 0.25) is 0 Å². The molecule has 1 aliphatic heterocycles. The first kappa shape index (κ1) is 8.87. The van der Waals surface area contributed by atoms with Gasteiger partial charge in [0.15, 0.2) is 11.5 Å². The number of aryl methyl sites for hydroxylation is 1. The molecule has 0 aliphatic carbocycles. The molecule has 4 nitrogen and oxygen atoms in total. The van der Waals surface area contributed by atoms with E-state index in [1.807, 2.05) is 0 Å². The molecule has 0 radical (unpaired) electrons. The van der Waals surface area contributed by atoms with E-state index in [0.29, 0.717) is 30.3 Å². The predicted octanol–water partition coefficient (Wildman–Crippen LogP) is 1.46. The van der Waals surface area contributed by atoms with Crippen molar-refractivity contribution < 1.29 is 19.4 Å². The lowest BCUT2D eigenvalue weighted by molar-refractivity contribution is 0.0695. The Morgan fingerprint density at radius 2 is 1.86 bits per heavy atom. The Bertz CT molecular complexity index is 384. The Labute approximate surface area is 81.1 Å². The van der Waals surface area contributed by atoms with Crippen LogP contribution < -0.4 is 9.47 Å². The summed E-state index contributed by atoms with van der Waals surface area (Å²) in [6.45, 7) is 2.72. The average molecular weight is 194 g/mol. The van der Waals surface area contributed by atoms with E-state index in [1.54, 1.807) is 13.0 Å². The van der Waals surface area contributed by atoms with Crippen molar-refractivity contribution in [3.63, 3.8) is 0 Å². The number of rotatable bonds is 1. The molecule has 1 aliphatic rings. The summed E-state index contributed by atoms with van der Waals surface area (Å²) in [5, 5.41) is 8.87. The van der Waals surface area contributed by atoms with E-state index in [2.05, 4.69) is 0 Å². The van der Waals surface area contributed by atoms with E-state index in [9.17, 15) is 4.79 Å². The Kier molecular flexibility index (Phi) is 2.04. The van der Waals surface area contributed by atoms with Gasteiger partial charge in [0.2, 0.25) is 0 Å². The molecule has 14 heavy (non-hydrogen) atoms. The van der Waals surface area contributed by atoms with Crippen LogP contribution in [0.25, 0.3) is 0 Å². The highest BCUT2D eigenvalue weighted by atomic mass is 16.6. The van der Waals surface area contributed by atoms with E-state index >= 15 is 0 Å². The molecule has 0 aromatic heterocycles. The maximum atomic E-state index is 10.8. The monoisotopic (exact) mass is 194 g/mol. The first-order valence-corrected chi connectivity index (χ1v) is 4.32. The number of hydrogen-bond acceptors (Lipinski definition) is 3. The first-order chi connectivity index (χ1) is 6.68. The van der Waals surface area contributed by atoms with E-state index in [0.717, 1.165) is 0 Å². The van der Waals surface area contributed by atoms with Crippen molar-refractivity contribution in [2.75, 3.05) is 13.2 Å². The molecule has 0 unspecified atom stereocenters. The minimum Gasteiger partial charge on any atom is -0.486 e. The summed E-state index contributed by atoms with van der Waals surface area (Å²) in [4.78, 5) is 10.8. The Hall–Kier alpha value is -1.71. The van der Waals surface area contributed by atoms with Crippen LogP contribution in [0.4, 0.5) is 0 Å². The highest BCUT2D eigenvalue weighted by Gasteiger charge is 2.16. The molecule has 0 amide bonds. The zero-order chi connectivity index (χ0) is 10.1. The molecule has 0 bridgehead atoms. The van der Waals surface area contributed by atoms with Crippen molar-refractivity contribution in [1.29, 1.82) is 0 Å². The molecule has 1 N–H and O–H groups in total. The third-order valence-electron chi connectivity index (χ3n) is 2.12. The number of hydrogen-bond donors (Lipinski definition) is 1. The van der Waals surface area contributed by atoms with Gasteiger partial charge in [-0.15, -0.1) is 0 Å². The number of aromatic carboxylic acids is 1. The average Bonchev–Trinajstić information content (AvgIpc) is 2.16. The van der Waals surface area contributed by atoms with Gasteiger partial charge in [-0.3, -0.25) is 0 Å². The number of ether oxygens (including phenoxy) is 2. The van der Waals surface area contributed by atoms with Crippen LogP contribution in [-0.4, -0.2) is 24.3 Å². The molecular weight excluding hydrogens is 184 g/mol. The third-order valence-corrected chi connectivity index (χ3v) is 2.12. The molecule has 74 valence electrons. The smallest absolute Gasteiger partial charge is 0.336 e. The summed E-state index contributed by atoms with van der Waals surface area (Å²) >= 11 is 0. The molecule has 2 rings (SSSR count). The van der Waals surface area contributed by atoms with Gasteiger partial charge < -0.3 is 14.6 Å². The fourth-order valence-corrected chi connectivity index (χ4v) is 1.42. The normalized spacial score (nSPS) is 13.8. The Morgan fingerprint density at radius 1 is 1.29 bits per heavy atom. The summed E-state index contributed by atoms with van der Waals surface area (Å²) < 4.78 is 10.6. The quantitative estimate of drug-likeness (QED) is 0.735. The summed E-state index contributed by atoms with van der Waals surface area (Å²) in [6, 6.07) is 3.20. The zero-order valence-corrected chi connectivity index (χ0v) is 7.74. The van der Waals surface area contributed by atoms with Crippen molar-refractivity contribution in [2.45, 2.75) is 6.92 Å². The fraction of sp³-hybridized carbons (Fsp3) is 0.300. The van der Waals surface area contributed by atoms with Crippen molar-refractivity contribution >= 4 is 5.97 Å². The molecule has 0 atom stereocenters. The number of carboxylic acid groups (broad SMARTS) is 1. The van der Waals surface area contributed by atoms with Crippen molar-refractivity contribution in [3.05, 3.63) is 23.3 Å². The molecule has 4 heteroatoms.